The minimum Gasteiger partial charge on any atom is -0.476 e. The zero-order valence-electron chi connectivity index (χ0n) is 9.42. The average Bonchev–Trinajstić information content (AvgIpc) is 2.82. The number of rotatable bonds is 5. The number of thiazole rings is 1. The lowest BCUT2D eigenvalue weighted by atomic mass is 10.4. The number of ether oxygens (including phenoxy) is 1. The van der Waals surface area contributed by atoms with Crippen molar-refractivity contribution >= 4 is 28.8 Å². The number of nitrogens with two attached hydrogens (primary N) is 1. The molecule has 90 valence electrons. The molecule has 2 rings (SSSR count). The Morgan fingerprint density at radius 2 is 2.35 bits per heavy atom. The molecule has 0 spiro atoms. The Morgan fingerprint density at radius 3 is 3.06 bits per heavy atom. The van der Waals surface area contributed by atoms with Crippen LogP contribution in [0.4, 0.5) is 5.69 Å². The van der Waals surface area contributed by atoms with E-state index in [1.54, 1.807) is 17.5 Å². The van der Waals surface area contributed by atoms with Crippen LogP contribution in [0, 0.1) is 0 Å². The summed E-state index contributed by atoms with van der Waals surface area (Å²) in [7, 11) is 0. The Labute approximate surface area is 108 Å². The zero-order valence-corrected chi connectivity index (χ0v) is 11.1. The van der Waals surface area contributed by atoms with Crippen LogP contribution in [0.15, 0.2) is 33.1 Å². The number of hydrogen-bond donors (Lipinski definition) is 1. The molecule has 0 atom stereocenters. The molecule has 6 heteroatoms. The molecule has 0 amide bonds. The summed E-state index contributed by atoms with van der Waals surface area (Å²) < 4.78 is 6.44. The number of hydrogen-bond acceptors (Lipinski definition) is 6. The van der Waals surface area contributed by atoms with Gasteiger partial charge in [0.05, 0.1) is 12.3 Å². The first kappa shape index (κ1) is 12.2. The van der Waals surface area contributed by atoms with Gasteiger partial charge in [-0.25, -0.2) is 9.97 Å². The van der Waals surface area contributed by atoms with Crippen molar-refractivity contribution in [2.24, 2.45) is 0 Å². The molecule has 2 heterocycles. The highest BCUT2D eigenvalue weighted by atomic mass is 32.2. The van der Waals surface area contributed by atoms with Crippen LogP contribution < -0.4 is 10.5 Å². The van der Waals surface area contributed by atoms with Gasteiger partial charge in [-0.15, -0.1) is 11.3 Å². The summed E-state index contributed by atoms with van der Waals surface area (Å²) in [4.78, 5) is 8.56. The third kappa shape index (κ3) is 3.34. The summed E-state index contributed by atoms with van der Waals surface area (Å²) in [6, 6.07) is 3.69. The highest BCUT2D eigenvalue weighted by Crippen LogP contribution is 2.30. The minimum atomic E-state index is 0.508. The van der Waals surface area contributed by atoms with Crippen molar-refractivity contribution in [3.05, 3.63) is 23.7 Å². The second kappa shape index (κ2) is 5.88. The topological polar surface area (TPSA) is 61.0 Å². The van der Waals surface area contributed by atoms with Gasteiger partial charge in [-0.3, -0.25) is 0 Å². The van der Waals surface area contributed by atoms with E-state index in [1.807, 2.05) is 24.4 Å². The van der Waals surface area contributed by atoms with Gasteiger partial charge in [0.15, 0.2) is 4.34 Å². The molecule has 0 aliphatic carbocycles. The predicted octanol–water partition coefficient (Wildman–Crippen LogP) is 3.06. The van der Waals surface area contributed by atoms with Gasteiger partial charge in [0, 0.05) is 11.6 Å². The Kier molecular flexibility index (Phi) is 4.22. The summed E-state index contributed by atoms with van der Waals surface area (Å²) in [5, 5.41) is 2.79. The molecule has 17 heavy (non-hydrogen) atoms. The van der Waals surface area contributed by atoms with Crippen molar-refractivity contribution in [3.8, 4) is 5.88 Å². The molecule has 0 aliphatic rings. The summed E-state index contributed by atoms with van der Waals surface area (Å²) >= 11 is 3.10. The standard InChI is InChI=1S/C11H13N3OS2/c1-2-6-15-10-8(12)3-4-9(14-10)17-11-13-5-7-16-11/h3-5,7H,2,6,12H2,1H3. The smallest absolute Gasteiger partial charge is 0.238 e. The fourth-order valence-electron chi connectivity index (χ4n) is 1.16. The van der Waals surface area contributed by atoms with E-state index in [9.17, 15) is 0 Å². The largest absolute Gasteiger partial charge is 0.476 e. The van der Waals surface area contributed by atoms with Crippen molar-refractivity contribution < 1.29 is 4.74 Å². The van der Waals surface area contributed by atoms with Crippen LogP contribution in [0.25, 0.3) is 0 Å². The first-order chi connectivity index (χ1) is 8.29. The van der Waals surface area contributed by atoms with Gasteiger partial charge in [-0.05, 0) is 30.3 Å². The first-order valence-corrected chi connectivity index (χ1v) is 6.96. The van der Waals surface area contributed by atoms with E-state index in [1.165, 1.54) is 11.8 Å². The van der Waals surface area contributed by atoms with Gasteiger partial charge in [-0.2, -0.15) is 0 Å². The van der Waals surface area contributed by atoms with Crippen molar-refractivity contribution in [3.63, 3.8) is 0 Å². The highest BCUT2D eigenvalue weighted by molar-refractivity contribution is 8.00. The van der Waals surface area contributed by atoms with Crippen LogP contribution in [0.5, 0.6) is 5.88 Å². The molecular weight excluding hydrogens is 254 g/mol. The van der Waals surface area contributed by atoms with Crippen molar-refractivity contribution in [2.75, 3.05) is 12.3 Å². The fourth-order valence-corrected chi connectivity index (χ4v) is 2.69. The van der Waals surface area contributed by atoms with Crippen molar-refractivity contribution in [1.29, 1.82) is 0 Å². The molecule has 0 bridgehead atoms. The molecule has 0 unspecified atom stereocenters. The molecule has 0 aliphatic heterocycles. The summed E-state index contributed by atoms with van der Waals surface area (Å²) in [6.45, 7) is 2.67. The van der Waals surface area contributed by atoms with Crippen LogP contribution in [0.2, 0.25) is 0 Å². The second-order valence-corrected chi connectivity index (χ2v) is 5.45. The number of nitrogens with zero attached hydrogens (tertiary/aromatic N) is 2. The molecule has 2 aromatic heterocycles. The van der Waals surface area contributed by atoms with Crippen LogP contribution in [0.1, 0.15) is 13.3 Å². The normalized spacial score (nSPS) is 10.4. The van der Waals surface area contributed by atoms with Gasteiger partial charge in [0.25, 0.3) is 0 Å². The monoisotopic (exact) mass is 267 g/mol. The highest BCUT2D eigenvalue weighted by Gasteiger charge is 2.06. The van der Waals surface area contributed by atoms with Gasteiger partial charge in [0.2, 0.25) is 5.88 Å². The van der Waals surface area contributed by atoms with Crippen LogP contribution in [-0.2, 0) is 0 Å². The summed E-state index contributed by atoms with van der Waals surface area (Å²) in [5.41, 5.74) is 6.37. The number of aromatic nitrogens is 2. The van der Waals surface area contributed by atoms with E-state index < -0.39 is 0 Å². The lowest BCUT2D eigenvalue weighted by Gasteiger charge is -2.07. The minimum absolute atomic E-state index is 0.508. The van der Waals surface area contributed by atoms with E-state index in [0.29, 0.717) is 18.2 Å². The van der Waals surface area contributed by atoms with Gasteiger partial charge >= 0.3 is 0 Å². The first-order valence-electron chi connectivity index (χ1n) is 5.26. The molecule has 0 fully saturated rings. The second-order valence-electron chi connectivity index (χ2n) is 3.29. The third-order valence-electron chi connectivity index (χ3n) is 1.91. The number of pyridine rings is 1. The molecule has 4 nitrogen and oxygen atoms in total. The predicted molar refractivity (Wildman–Crippen MR) is 70.7 cm³/mol. The molecule has 0 aromatic carbocycles. The Morgan fingerprint density at radius 1 is 1.47 bits per heavy atom. The van der Waals surface area contributed by atoms with E-state index in [4.69, 9.17) is 10.5 Å². The van der Waals surface area contributed by atoms with Gasteiger partial charge in [-0.1, -0.05) is 6.92 Å². The van der Waals surface area contributed by atoms with Crippen LogP contribution >= 0.6 is 23.1 Å². The Hall–Kier alpha value is -1.27. The van der Waals surface area contributed by atoms with E-state index in [-0.39, 0.29) is 0 Å². The summed E-state index contributed by atoms with van der Waals surface area (Å²) in [6.07, 6.45) is 2.71. The van der Waals surface area contributed by atoms with Crippen LogP contribution in [-0.4, -0.2) is 16.6 Å². The molecule has 2 N–H and O–H groups in total. The molecule has 0 radical (unpaired) electrons. The molecule has 0 saturated heterocycles. The van der Waals surface area contributed by atoms with Gasteiger partial charge in [0.1, 0.15) is 5.03 Å². The molecular formula is C11H13N3OS2. The number of nitrogen functional groups attached to an aromatic ring is 1. The molecule has 0 saturated carbocycles. The lowest BCUT2D eigenvalue weighted by molar-refractivity contribution is 0.305. The van der Waals surface area contributed by atoms with E-state index in [2.05, 4.69) is 9.97 Å². The lowest BCUT2D eigenvalue weighted by Crippen LogP contribution is -2.01. The van der Waals surface area contributed by atoms with Gasteiger partial charge < -0.3 is 10.5 Å². The van der Waals surface area contributed by atoms with Crippen LogP contribution in [0.3, 0.4) is 0 Å². The average molecular weight is 267 g/mol. The SMILES string of the molecule is CCCOc1nc(Sc2nccs2)ccc1N. The Balaban J connectivity index is 2.13. The fraction of sp³-hybridized carbons (Fsp3) is 0.273. The van der Waals surface area contributed by atoms with Crippen molar-refractivity contribution in [2.45, 2.75) is 22.7 Å². The maximum atomic E-state index is 5.79. The Bertz CT molecular complexity index is 474. The van der Waals surface area contributed by atoms with E-state index in [0.717, 1.165) is 15.8 Å². The summed E-state index contributed by atoms with van der Waals surface area (Å²) in [5.74, 6) is 0.508. The molecule has 2 aromatic rings. The third-order valence-corrected chi connectivity index (χ3v) is 3.73. The van der Waals surface area contributed by atoms with E-state index >= 15 is 0 Å². The quantitative estimate of drug-likeness (QED) is 0.902. The number of anilines is 1. The van der Waals surface area contributed by atoms with Crippen molar-refractivity contribution in [1.82, 2.24) is 9.97 Å². The maximum absolute atomic E-state index is 5.79. The maximum Gasteiger partial charge on any atom is 0.238 e. The zero-order chi connectivity index (χ0) is 12.1.